The second-order valence-electron chi connectivity index (χ2n) is 5.53. The molecular formula is C18H18ClN5O. The first-order valence-corrected chi connectivity index (χ1v) is 8.23. The molecule has 3 rings (SSSR count). The Bertz CT molecular complexity index is 816. The Hall–Kier alpha value is -2.70. The topological polar surface area (TPSA) is 83.0 Å². The van der Waals surface area contributed by atoms with Gasteiger partial charge in [0.2, 0.25) is 17.2 Å². The number of hydrogen-bond acceptors (Lipinski definition) is 6. The minimum Gasteiger partial charge on any atom is -0.386 e. The molecule has 0 saturated heterocycles. The summed E-state index contributed by atoms with van der Waals surface area (Å²) < 4.78 is 0. The molecule has 0 fully saturated rings. The number of nitrogens with zero attached hydrogens (tertiary/aromatic N) is 3. The van der Waals surface area contributed by atoms with Crippen LogP contribution in [0.5, 0.6) is 0 Å². The van der Waals surface area contributed by atoms with E-state index in [0.717, 1.165) is 11.3 Å². The number of anilines is 3. The van der Waals surface area contributed by atoms with Gasteiger partial charge in [0.25, 0.3) is 0 Å². The van der Waals surface area contributed by atoms with Crippen molar-refractivity contribution < 1.29 is 5.11 Å². The molecule has 0 unspecified atom stereocenters. The van der Waals surface area contributed by atoms with Crippen molar-refractivity contribution in [3.63, 3.8) is 0 Å². The van der Waals surface area contributed by atoms with Crippen molar-refractivity contribution in [3.05, 3.63) is 71.5 Å². The van der Waals surface area contributed by atoms with Crippen LogP contribution in [-0.4, -0.2) is 26.1 Å². The van der Waals surface area contributed by atoms with Gasteiger partial charge in [0.1, 0.15) is 0 Å². The predicted molar refractivity (Wildman–Crippen MR) is 99.0 cm³/mol. The average molecular weight is 356 g/mol. The van der Waals surface area contributed by atoms with Gasteiger partial charge in [-0.3, -0.25) is 0 Å². The molecule has 0 saturated carbocycles. The standard InChI is InChI=1S/C18H18ClN5O/c1-12(15(25)13-8-4-2-5-9-13)20-17-22-16(19)23-18(24-17)21-14-10-6-3-7-11-14/h2-12,15,25H,1H3,(H2,20,21,22,23,24)/t12-,15-/m1/s1. The fourth-order valence-corrected chi connectivity index (χ4v) is 2.50. The zero-order valence-corrected chi connectivity index (χ0v) is 14.4. The van der Waals surface area contributed by atoms with E-state index in [-0.39, 0.29) is 11.3 Å². The van der Waals surface area contributed by atoms with Crippen LogP contribution in [-0.2, 0) is 0 Å². The maximum absolute atomic E-state index is 10.4. The molecule has 0 amide bonds. The lowest BCUT2D eigenvalue weighted by Gasteiger charge is -2.20. The lowest BCUT2D eigenvalue weighted by molar-refractivity contribution is 0.160. The van der Waals surface area contributed by atoms with Crippen molar-refractivity contribution in [2.24, 2.45) is 0 Å². The molecule has 0 radical (unpaired) electrons. The van der Waals surface area contributed by atoms with Crippen LogP contribution >= 0.6 is 11.6 Å². The number of benzene rings is 2. The monoisotopic (exact) mass is 355 g/mol. The Morgan fingerprint density at radius 2 is 1.48 bits per heavy atom. The third kappa shape index (κ3) is 4.65. The minimum absolute atomic E-state index is 0.0670. The second-order valence-corrected chi connectivity index (χ2v) is 5.87. The third-order valence-electron chi connectivity index (χ3n) is 3.61. The molecular weight excluding hydrogens is 338 g/mol. The predicted octanol–water partition coefficient (Wildman–Crippen LogP) is 3.80. The van der Waals surface area contributed by atoms with Crippen LogP contribution in [0.25, 0.3) is 0 Å². The number of aromatic nitrogens is 3. The van der Waals surface area contributed by atoms with E-state index in [1.165, 1.54) is 0 Å². The smallest absolute Gasteiger partial charge is 0.233 e. The Morgan fingerprint density at radius 3 is 2.16 bits per heavy atom. The Morgan fingerprint density at radius 1 is 0.880 bits per heavy atom. The van der Waals surface area contributed by atoms with Crippen molar-refractivity contribution in [1.29, 1.82) is 0 Å². The Balaban J connectivity index is 1.74. The molecule has 0 aliphatic rings. The van der Waals surface area contributed by atoms with E-state index >= 15 is 0 Å². The average Bonchev–Trinajstić information content (AvgIpc) is 2.62. The van der Waals surface area contributed by atoms with Gasteiger partial charge in [-0.05, 0) is 36.2 Å². The summed E-state index contributed by atoms with van der Waals surface area (Å²) in [6, 6.07) is 18.6. The molecule has 1 heterocycles. The number of halogens is 1. The molecule has 2 aromatic carbocycles. The second kappa shape index (κ2) is 7.92. The lowest BCUT2D eigenvalue weighted by Crippen LogP contribution is -2.25. The van der Waals surface area contributed by atoms with Crippen LogP contribution in [0.2, 0.25) is 5.28 Å². The third-order valence-corrected chi connectivity index (χ3v) is 3.78. The van der Waals surface area contributed by atoms with Crippen molar-refractivity contribution in [2.75, 3.05) is 10.6 Å². The number of aliphatic hydroxyl groups is 1. The number of nitrogens with one attached hydrogen (secondary N) is 2. The first-order valence-electron chi connectivity index (χ1n) is 7.85. The van der Waals surface area contributed by atoms with Crippen LogP contribution in [0, 0.1) is 0 Å². The number of para-hydroxylation sites is 1. The fourth-order valence-electron chi connectivity index (χ4n) is 2.34. The molecule has 2 atom stereocenters. The van der Waals surface area contributed by atoms with E-state index in [0.29, 0.717) is 11.9 Å². The zero-order chi connectivity index (χ0) is 17.6. The van der Waals surface area contributed by atoms with Crippen LogP contribution in [0.4, 0.5) is 17.6 Å². The Kier molecular flexibility index (Phi) is 5.42. The fraction of sp³-hybridized carbons (Fsp3) is 0.167. The molecule has 0 aliphatic heterocycles. The highest BCUT2D eigenvalue weighted by Gasteiger charge is 2.17. The van der Waals surface area contributed by atoms with Gasteiger partial charge in [-0.15, -0.1) is 0 Å². The molecule has 128 valence electrons. The molecule has 3 N–H and O–H groups in total. The highest BCUT2D eigenvalue weighted by Crippen LogP contribution is 2.20. The van der Waals surface area contributed by atoms with Gasteiger partial charge in [-0.25, -0.2) is 0 Å². The molecule has 0 bridgehead atoms. The quantitative estimate of drug-likeness (QED) is 0.623. The van der Waals surface area contributed by atoms with Crippen molar-refractivity contribution in [2.45, 2.75) is 19.1 Å². The van der Waals surface area contributed by atoms with Gasteiger partial charge < -0.3 is 15.7 Å². The van der Waals surface area contributed by atoms with E-state index in [1.54, 1.807) is 0 Å². The van der Waals surface area contributed by atoms with Gasteiger partial charge in [0, 0.05) is 5.69 Å². The van der Waals surface area contributed by atoms with Crippen molar-refractivity contribution >= 4 is 29.2 Å². The summed E-state index contributed by atoms with van der Waals surface area (Å²) in [4.78, 5) is 12.4. The molecule has 3 aromatic rings. The largest absolute Gasteiger partial charge is 0.386 e. The Labute approximate surface area is 150 Å². The summed E-state index contributed by atoms with van der Waals surface area (Å²) in [5.74, 6) is 0.621. The molecule has 25 heavy (non-hydrogen) atoms. The summed E-state index contributed by atoms with van der Waals surface area (Å²) in [7, 11) is 0. The number of aliphatic hydroxyl groups excluding tert-OH is 1. The van der Waals surface area contributed by atoms with Gasteiger partial charge in [-0.2, -0.15) is 15.0 Å². The van der Waals surface area contributed by atoms with E-state index in [4.69, 9.17) is 11.6 Å². The summed E-state index contributed by atoms with van der Waals surface area (Å²) >= 11 is 5.99. The van der Waals surface area contributed by atoms with Crippen LogP contribution in [0.3, 0.4) is 0 Å². The minimum atomic E-state index is -0.706. The van der Waals surface area contributed by atoms with Crippen molar-refractivity contribution in [3.8, 4) is 0 Å². The van der Waals surface area contributed by atoms with Crippen molar-refractivity contribution in [1.82, 2.24) is 15.0 Å². The van der Waals surface area contributed by atoms with E-state index in [9.17, 15) is 5.11 Å². The van der Waals surface area contributed by atoms with Gasteiger partial charge >= 0.3 is 0 Å². The molecule has 1 aromatic heterocycles. The first-order chi connectivity index (χ1) is 12.1. The van der Waals surface area contributed by atoms with Gasteiger partial charge in [0.15, 0.2) is 0 Å². The van der Waals surface area contributed by atoms with Gasteiger partial charge in [-0.1, -0.05) is 48.5 Å². The molecule has 6 nitrogen and oxygen atoms in total. The maximum atomic E-state index is 10.4. The zero-order valence-electron chi connectivity index (χ0n) is 13.6. The summed E-state index contributed by atoms with van der Waals surface area (Å²) in [6.07, 6.45) is -0.706. The first kappa shape index (κ1) is 17.1. The molecule has 0 aliphatic carbocycles. The molecule has 7 heteroatoms. The SMILES string of the molecule is C[C@@H](Nc1nc(Cl)nc(Nc2ccccc2)n1)[C@@H](O)c1ccccc1. The maximum Gasteiger partial charge on any atom is 0.233 e. The number of rotatable bonds is 6. The van der Waals surface area contributed by atoms with Gasteiger partial charge in [0.05, 0.1) is 12.1 Å². The number of hydrogen-bond donors (Lipinski definition) is 3. The van der Waals surface area contributed by atoms with Crippen LogP contribution < -0.4 is 10.6 Å². The van der Waals surface area contributed by atoms with E-state index in [2.05, 4.69) is 25.6 Å². The van der Waals surface area contributed by atoms with E-state index < -0.39 is 6.10 Å². The summed E-state index contributed by atoms with van der Waals surface area (Å²) in [5, 5.41) is 16.6. The molecule has 0 spiro atoms. The highest BCUT2D eigenvalue weighted by molar-refractivity contribution is 6.28. The normalized spacial score (nSPS) is 13.1. The van der Waals surface area contributed by atoms with E-state index in [1.807, 2.05) is 67.6 Å². The lowest BCUT2D eigenvalue weighted by atomic mass is 10.0. The summed E-state index contributed by atoms with van der Waals surface area (Å²) in [6.45, 7) is 1.85. The van der Waals surface area contributed by atoms with Crippen LogP contribution in [0.15, 0.2) is 60.7 Å². The van der Waals surface area contributed by atoms with Crippen LogP contribution in [0.1, 0.15) is 18.6 Å². The highest BCUT2D eigenvalue weighted by atomic mass is 35.5. The summed E-state index contributed by atoms with van der Waals surface area (Å²) in [5.41, 5.74) is 1.65.